The second-order valence-electron chi connectivity index (χ2n) is 4.51. The van der Waals surface area contributed by atoms with Gasteiger partial charge in [0.15, 0.2) is 5.78 Å². The summed E-state index contributed by atoms with van der Waals surface area (Å²) in [6.45, 7) is 0. The maximum Gasteiger partial charge on any atom is 0.174 e. The Morgan fingerprint density at radius 1 is 1.05 bits per heavy atom. The van der Waals surface area contributed by atoms with Crippen molar-refractivity contribution in [1.29, 1.82) is 0 Å². The van der Waals surface area contributed by atoms with Crippen molar-refractivity contribution in [2.24, 2.45) is 0 Å². The highest BCUT2D eigenvalue weighted by molar-refractivity contribution is 6.03. The molecule has 1 aliphatic heterocycles. The van der Waals surface area contributed by atoms with Gasteiger partial charge in [-0.05, 0) is 6.07 Å². The molecular formula is C16H14O4. The number of carbonyl (C=O) groups is 1. The Kier molecular flexibility index (Phi) is 3.06. The molecule has 3 rings (SSSR count). The lowest BCUT2D eigenvalue weighted by molar-refractivity contribution is 0.0990. The highest BCUT2D eigenvalue weighted by Crippen LogP contribution is 2.40. The van der Waals surface area contributed by atoms with Crippen LogP contribution in [0.1, 0.15) is 15.9 Å². The Balaban J connectivity index is 2.20. The van der Waals surface area contributed by atoms with E-state index in [1.54, 1.807) is 19.2 Å². The van der Waals surface area contributed by atoms with Gasteiger partial charge in [0.25, 0.3) is 0 Å². The average molecular weight is 270 g/mol. The van der Waals surface area contributed by atoms with E-state index in [0.29, 0.717) is 35.0 Å². The fourth-order valence-electron chi connectivity index (χ4n) is 2.33. The van der Waals surface area contributed by atoms with E-state index in [0.717, 1.165) is 5.56 Å². The van der Waals surface area contributed by atoms with Gasteiger partial charge in [-0.2, -0.15) is 0 Å². The van der Waals surface area contributed by atoms with Crippen LogP contribution in [0.25, 0.3) is 0 Å². The summed E-state index contributed by atoms with van der Waals surface area (Å²) >= 11 is 0. The second kappa shape index (κ2) is 4.89. The molecule has 0 bridgehead atoms. The molecule has 0 aromatic heterocycles. The van der Waals surface area contributed by atoms with E-state index < -0.39 is 0 Å². The van der Waals surface area contributed by atoms with Gasteiger partial charge in [0.1, 0.15) is 28.6 Å². The molecule has 2 aromatic rings. The molecule has 1 aliphatic rings. The number of ether oxygens (including phenoxy) is 3. The van der Waals surface area contributed by atoms with Gasteiger partial charge in [0.05, 0.1) is 14.2 Å². The third-order valence-corrected chi connectivity index (χ3v) is 3.32. The number of Topliss-reactive ketones (excluding diaryl/α,β-unsaturated/α-hetero) is 1. The summed E-state index contributed by atoms with van der Waals surface area (Å²) in [5.74, 6) is 2.19. The molecule has 102 valence electrons. The summed E-state index contributed by atoms with van der Waals surface area (Å²) < 4.78 is 16.4. The highest BCUT2D eigenvalue weighted by Gasteiger charge is 2.25. The molecule has 0 amide bonds. The van der Waals surface area contributed by atoms with Crippen molar-refractivity contribution in [2.75, 3.05) is 14.2 Å². The lowest BCUT2D eigenvalue weighted by Crippen LogP contribution is -2.05. The minimum absolute atomic E-state index is 0.0237. The zero-order valence-electron chi connectivity index (χ0n) is 11.3. The topological polar surface area (TPSA) is 44.8 Å². The molecule has 1 heterocycles. The van der Waals surface area contributed by atoms with Crippen molar-refractivity contribution >= 4 is 5.78 Å². The molecule has 0 radical (unpaired) electrons. The van der Waals surface area contributed by atoms with Gasteiger partial charge in [-0.15, -0.1) is 0 Å². The van der Waals surface area contributed by atoms with Crippen molar-refractivity contribution in [2.45, 2.75) is 6.42 Å². The van der Waals surface area contributed by atoms with E-state index in [9.17, 15) is 4.79 Å². The molecule has 4 nitrogen and oxygen atoms in total. The summed E-state index contributed by atoms with van der Waals surface area (Å²) in [6.07, 6.45) is 0.297. The van der Waals surface area contributed by atoms with E-state index in [1.807, 2.05) is 24.3 Å². The molecule has 0 N–H and O–H groups in total. The van der Waals surface area contributed by atoms with Crippen LogP contribution in [-0.4, -0.2) is 20.0 Å². The second-order valence-corrected chi connectivity index (χ2v) is 4.51. The molecule has 0 saturated carbocycles. The lowest BCUT2D eigenvalue weighted by atomic mass is 10.0. The van der Waals surface area contributed by atoms with Crippen LogP contribution in [0.4, 0.5) is 0 Å². The first kappa shape index (κ1) is 12.5. The molecule has 0 fully saturated rings. The maximum atomic E-state index is 12.4. The van der Waals surface area contributed by atoms with Crippen molar-refractivity contribution in [3.8, 4) is 23.0 Å². The largest absolute Gasteiger partial charge is 0.496 e. The van der Waals surface area contributed by atoms with Crippen molar-refractivity contribution in [1.82, 2.24) is 0 Å². The zero-order chi connectivity index (χ0) is 14.1. The summed E-state index contributed by atoms with van der Waals surface area (Å²) in [5.41, 5.74) is 1.33. The molecule has 0 unspecified atom stereocenters. The first-order valence-electron chi connectivity index (χ1n) is 6.28. The smallest absolute Gasteiger partial charge is 0.174 e. The van der Waals surface area contributed by atoms with Gasteiger partial charge in [-0.3, -0.25) is 4.79 Å². The minimum atomic E-state index is -0.0237. The van der Waals surface area contributed by atoms with Crippen LogP contribution in [-0.2, 0) is 6.42 Å². The third kappa shape index (κ3) is 1.99. The Hall–Kier alpha value is -2.49. The SMILES string of the molecule is COc1cc(OC)c2c(c1)Oc1ccccc1CC2=O. The van der Waals surface area contributed by atoms with Crippen LogP contribution in [0.5, 0.6) is 23.0 Å². The monoisotopic (exact) mass is 270 g/mol. The number of fused-ring (bicyclic) bond motifs is 2. The molecule has 0 aliphatic carbocycles. The first-order chi connectivity index (χ1) is 9.72. The Morgan fingerprint density at radius 2 is 1.85 bits per heavy atom. The van der Waals surface area contributed by atoms with Gasteiger partial charge >= 0.3 is 0 Å². The van der Waals surface area contributed by atoms with Gasteiger partial charge in [-0.1, -0.05) is 18.2 Å². The van der Waals surface area contributed by atoms with E-state index >= 15 is 0 Å². The Labute approximate surface area is 116 Å². The molecule has 2 aromatic carbocycles. The minimum Gasteiger partial charge on any atom is -0.496 e. The van der Waals surface area contributed by atoms with Crippen molar-refractivity contribution < 1.29 is 19.0 Å². The van der Waals surface area contributed by atoms with E-state index in [-0.39, 0.29) is 5.78 Å². The van der Waals surface area contributed by atoms with Crippen LogP contribution in [0, 0.1) is 0 Å². The first-order valence-corrected chi connectivity index (χ1v) is 6.28. The average Bonchev–Trinajstić information content (AvgIpc) is 2.61. The number of benzene rings is 2. The van der Waals surface area contributed by atoms with Gasteiger partial charge in [0.2, 0.25) is 0 Å². The summed E-state index contributed by atoms with van der Waals surface area (Å²) in [4.78, 5) is 12.4. The third-order valence-electron chi connectivity index (χ3n) is 3.32. The normalized spacial score (nSPS) is 12.8. The van der Waals surface area contributed by atoms with Gasteiger partial charge in [-0.25, -0.2) is 0 Å². The number of methoxy groups -OCH3 is 2. The van der Waals surface area contributed by atoms with E-state index in [4.69, 9.17) is 14.2 Å². The molecule has 20 heavy (non-hydrogen) atoms. The molecular weight excluding hydrogens is 256 g/mol. The molecule has 0 saturated heterocycles. The number of ketones is 1. The van der Waals surface area contributed by atoms with Crippen LogP contribution >= 0.6 is 0 Å². The van der Waals surface area contributed by atoms with Crippen molar-refractivity contribution in [3.63, 3.8) is 0 Å². The fourth-order valence-corrected chi connectivity index (χ4v) is 2.33. The standard InChI is InChI=1S/C16H14O4/c1-18-11-8-14(19-2)16-12(17)7-10-5-3-4-6-13(10)20-15(16)9-11/h3-6,8-9H,7H2,1-2H3. The number of carbonyl (C=O) groups excluding carboxylic acids is 1. The summed E-state index contributed by atoms with van der Waals surface area (Å²) in [6, 6.07) is 10.9. The van der Waals surface area contributed by atoms with Crippen LogP contribution in [0.3, 0.4) is 0 Å². The zero-order valence-corrected chi connectivity index (χ0v) is 11.3. The lowest BCUT2D eigenvalue weighted by Gasteiger charge is -2.13. The number of para-hydroxylation sites is 1. The van der Waals surface area contributed by atoms with Crippen LogP contribution < -0.4 is 14.2 Å². The van der Waals surface area contributed by atoms with Crippen LogP contribution in [0.2, 0.25) is 0 Å². The summed E-state index contributed by atoms with van der Waals surface area (Å²) in [7, 11) is 3.09. The highest BCUT2D eigenvalue weighted by atomic mass is 16.5. The maximum absolute atomic E-state index is 12.4. The Bertz CT molecular complexity index is 676. The predicted molar refractivity (Wildman–Crippen MR) is 74.1 cm³/mol. The fraction of sp³-hybridized carbons (Fsp3) is 0.188. The Morgan fingerprint density at radius 3 is 2.60 bits per heavy atom. The van der Waals surface area contributed by atoms with E-state index in [1.165, 1.54) is 7.11 Å². The molecule has 4 heteroatoms. The van der Waals surface area contributed by atoms with E-state index in [2.05, 4.69) is 0 Å². The van der Waals surface area contributed by atoms with Crippen LogP contribution in [0.15, 0.2) is 36.4 Å². The van der Waals surface area contributed by atoms with Gasteiger partial charge in [0, 0.05) is 24.1 Å². The number of hydrogen-bond donors (Lipinski definition) is 0. The molecule has 0 spiro atoms. The van der Waals surface area contributed by atoms with Gasteiger partial charge < -0.3 is 14.2 Å². The quantitative estimate of drug-likeness (QED) is 0.840. The predicted octanol–water partition coefficient (Wildman–Crippen LogP) is 3.23. The number of hydrogen-bond acceptors (Lipinski definition) is 4. The number of rotatable bonds is 2. The van der Waals surface area contributed by atoms with Crippen molar-refractivity contribution in [3.05, 3.63) is 47.5 Å². The summed E-state index contributed by atoms with van der Waals surface area (Å²) in [5, 5.41) is 0. The molecule has 0 atom stereocenters.